The first-order valence-electron chi connectivity index (χ1n) is 11.8. The number of hydrogen-bond donors (Lipinski definition) is 0. The normalized spacial score (nSPS) is 20.6. The van der Waals surface area contributed by atoms with Crippen molar-refractivity contribution in [2.75, 3.05) is 26.2 Å². The van der Waals surface area contributed by atoms with E-state index in [2.05, 4.69) is 55.1 Å². The summed E-state index contributed by atoms with van der Waals surface area (Å²) in [5.74, 6) is 1.54. The fourth-order valence-corrected chi connectivity index (χ4v) is 5.77. The zero-order chi connectivity index (χ0) is 23.0. The third kappa shape index (κ3) is 4.31. The van der Waals surface area contributed by atoms with Gasteiger partial charge in [-0.1, -0.05) is 30.3 Å². The number of nitrogens with zero attached hydrogens (tertiary/aromatic N) is 7. The van der Waals surface area contributed by atoms with Crippen LogP contribution in [0.15, 0.2) is 42.7 Å². The SMILES string of the molecule is Cc1cc(C)n(CC(=O)N2CCC3(CC2)CN(Cc2ccccc2)CC3c2nncn2C)n1. The summed E-state index contributed by atoms with van der Waals surface area (Å²) < 4.78 is 3.89. The van der Waals surface area contributed by atoms with E-state index < -0.39 is 0 Å². The van der Waals surface area contributed by atoms with E-state index >= 15 is 0 Å². The highest BCUT2D eigenvalue weighted by Gasteiger charge is 2.50. The van der Waals surface area contributed by atoms with Crippen molar-refractivity contribution >= 4 is 5.91 Å². The molecule has 1 amide bonds. The van der Waals surface area contributed by atoms with E-state index in [4.69, 9.17) is 0 Å². The van der Waals surface area contributed by atoms with Crippen LogP contribution in [0.5, 0.6) is 0 Å². The van der Waals surface area contributed by atoms with Gasteiger partial charge in [0.25, 0.3) is 0 Å². The summed E-state index contributed by atoms with van der Waals surface area (Å²) >= 11 is 0. The Morgan fingerprint density at radius 3 is 2.55 bits per heavy atom. The molecule has 4 heterocycles. The van der Waals surface area contributed by atoms with Gasteiger partial charge in [0, 0.05) is 51.4 Å². The zero-order valence-electron chi connectivity index (χ0n) is 19.8. The predicted octanol–water partition coefficient (Wildman–Crippen LogP) is 2.54. The van der Waals surface area contributed by atoms with Crippen molar-refractivity contribution in [3.8, 4) is 0 Å². The third-order valence-electron chi connectivity index (χ3n) is 7.53. The number of amides is 1. The summed E-state index contributed by atoms with van der Waals surface area (Å²) in [6.07, 6.45) is 3.77. The van der Waals surface area contributed by atoms with Gasteiger partial charge in [-0.25, -0.2) is 0 Å². The standard InChI is InChI=1S/C25H33N7O/c1-19-13-20(2)32(28-19)16-23(33)31-11-9-25(10-12-31)17-30(14-21-7-5-4-6-8-21)15-22(25)24-27-26-18-29(24)3/h4-8,13,18,22H,9-12,14-17H2,1-3H3. The Morgan fingerprint density at radius 2 is 1.91 bits per heavy atom. The first-order valence-corrected chi connectivity index (χ1v) is 11.8. The van der Waals surface area contributed by atoms with E-state index in [0.29, 0.717) is 12.5 Å². The number of carbonyl (C=O) groups is 1. The van der Waals surface area contributed by atoms with Gasteiger partial charge in [0.1, 0.15) is 18.7 Å². The maximum Gasteiger partial charge on any atom is 0.244 e. The first-order chi connectivity index (χ1) is 15.9. The number of benzene rings is 1. The summed E-state index contributed by atoms with van der Waals surface area (Å²) in [6, 6.07) is 12.7. The molecule has 0 aliphatic carbocycles. The molecule has 1 atom stereocenters. The van der Waals surface area contributed by atoms with Crippen molar-refractivity contribution in [3.05, 3.63) is 65.5 Å². The number of carbonyl (C=O) groups excluding carboxylic acids is 1. The van der Waals surface area contributed by atoms with Crippen molar-refractivity contribution in [2.24, 2.45) is 12.5 Å². The van der Waals surface area contributed by atoms with Gasteiger partial charge in [-0.15, -0.1) is 10.2 Å². The van der Waals surface area contributed by atoms with Crippen LogP contribution in [0.1, 0.15) is 41.5 Å². The monoisotopic (exact) mass is 447 g/mol. The second-order valence-electron chi connectivity index (χ2n) is 9.84. The number of likely N-dealkylation sites (tertiary alicyclic amines) is 2. The molecule has 0 radical (unpaired) electrons. The summed E-state index contributed by atoms with van der Waals surface area (Å²) in [4.78, 5) is 17.6. The van der Waals surface area contributed by atoms with Crippen LogP contribution in [0, 0.1) is 19.3 Å². The number of piperidine rings is 1. The Kier molecular flexibility index (Phi) is 5.78. The molecule has 1 unspecified atom stereocenters. The van der Waals surface area contributed by atoms with Crippen LogP contribution in [-0.4, -0.2) is 66.4 Å². The van der Waals surface area contributed by atoms with Crippen LogP contribution in [-0.2, 0) is 24.9 Å². The largest absolute Gasteiger partial charge is 0.341 e. The molecular weight excluding hydrogens is 414 g/mol. The first kappa shape index (κ1) is 21.8. The maximum absolute atomic E-state index is 13.0. The number of aryl methyl sites for hydroxylation is 3. The molecule has 2 aliphatic heterocycles. The van der Waals surface area contributed by atoms with E-state index in [1.54, 1.807) is 6.33 Å². The van der Waals surface area contributed by atoms with E-state index in [-0.39, 0.29) is 11.3 Å². The number of aromatic nitrogens is 5. The fraction of sp³-hybridized carbons (Fsp3) is 0.520. The topological polar surface area (TPSA) is 72.1 Å². The molecule has 33 heavy (non-hydrogen) atoms. The molecular formula is C25H33N7O. The highest BCUT2D eigenvalue weighted by atomic mass is 16.2. The molecule has 174 valence electrons. The summed E-state index contributed by atoms with van der Waals surface area (Å²) in [5, 5.41) is 13.1. The highest BCUT2D eigenvalue weighted by Crippen LogP contribution is 2.49. The molecule has 5 rings (SSSR count). The van der Waals surface area contributed by atoms with E-state index in [1.807, 2.05) is 36.5 Å². The molecule has 0 N–H and O–H groups in total. The molecule has 0 bridgehead atoms. The average molecular weight is 448 g/mol. The molecule has 2 fully saturated rings. The lowest BCUT2D eigenvalue weighted by Crippen LogP contribution is -2.47. The van der Waals surface area contributed by atoms with Crippen molar-refractivity contribution in [3.63, 3.8) is 0 Å². The Morgan fingerprint density at radius 1 is 1.15 bits per heavy atom. The lowest BCUT2D eigenvalue weighted by molar-refractivity contribution is -0.134. The van der Waals surface area contributed by atoms with Gasteiger partial charge in [-0.3, -0.25) is 14.4 Å². The summed E-state index contributed by atoms with van der Waals surface area (Å²) in [6.45, 7) is 8.80. The quantitative estimate of drug-likeness (QED) is 0.601. The Balaban J connectivity index is 1.31. The van der Waals surface area contributed by atoms with Crippen LogP contribution >= 0.6 is 0 Å². The molecule has 8 heteroatoms. The van der Waals surface area contributed by atoms with Crippen molar-refractivity contribution in [1.29, 1.82) is 0 Å². The van der Waals surface area contributed by atoms with Crippen LogP contribution in [0.4, 0.5) is 0 Å². The molecule has 2 aromatic heterocycles. The minimum absolute atomic E-state index is 0.116. The third-order valence-corrected chi connectivity index (χ3v) is 7.53. The molecule has 8 nitrogen and oxygen atoms in total. The van der Waals surface area contributed by atoms with Gasteiger partial charge in [0.2, 0.25) is 5.91 Å². The summed E-state index contributed by atoms with van der Waals surface area (Å²) in [5.41, 5.74) is 3.44. The van der Waals surface area contributed by atoms with Gasteiger partial charge in [0.15, 0.2) is 0 Å². The zero-order valence-corrected chi connectivity index (χ0v) is 19.8. The molecule has 2 saturated heterocycles. The van der Waals surface area contributed by atoms with Crippen LogP contribution in [0.3, 0.4) is 0 Å². The van der Waals surface area contributed by atoms with E-state index in [0.717, 1.165) is 62.8 Å². The Hall–Kier alpha value is -3.00. The second-order valence-corrected chi connectivity index (χ2v) is 9.84. The molecule has 0 saturated carbocycles. The highest BCUT2D eigenvalue weighted by molar-refractivity contribution is 5.76. The minimum atomic E-state index is 0.116. The van der Waals surface area contributed by atoms with Crippen LogP contribution < -0.4 is 0 Å². The fourth-order valence-electron chi connectivity index (χ4n) is 5.77. The summed E-state index contributed by atoms with van der Waals surface area (Å²) in [7, 11) is 2.04. The average Bonchev–Trinajstić information content (AvgIpc) is 3.46. The molecule has 3 aromatic rings. The van der Waals surface area contributed by atoms with Crippen LogP contribution in [0.2, 0.25) is 0 Å². The lowest BCUT2D eigenvalue weighted by Gasteiger charge is -2.42. The van der Waals surface area contributed by atoms with Gasteiger partial charge in [-0.2, -0.15) is 5.10 Å². The molecule has 2 aliphatic rings. The van der Waals surface area contributed by atoms with Crippen molar-refractivity contribution in [2.45, 2.75) is 45.7 Å². The van der Waals surface area contributed by atoms with Gasteiger partial charge in [0.05, 0.1) is 5.69 Å². The van der Waals surface area contributed by atoms with E-state index in [1.165, 1.54) is 5.56 Å². The smallest absolute Gasteiger partial charge is 0.244 e. The minimum Gasteiger partial charge on any atom is -0.341 e. The van der Waals surface area contributed by atoms with Crippen molar-refractivity contribution < 1.29 is 4.79 Å². The Bertz CT molecular complexity index is 1110. The second kappa shape index (κ2) is 8.74. The lowest BCUT2D eigenvalue weighted by atomic mass is 9.70. The van der Waals surface area contributed by atoms with Gasteiger partial charge < -0.3 is 9.47 Å². The van der Waals surface area contributed by atoms with Crippen LogP contribution in [0.25, 0.3) is 0 Å². The number of hydrogen-bond acceptors (Lipinski definition) is 5. The maximum atomic E-state index is 13.0. The Labute approximate surface area is 195 Å². The van der Waals surface area contributed by atoms with Gasteiger partial charge >= 0.3 is 0 Å². The van der Waals surface area contributed by atoms with Gasteiger partial charge in [-0.05, 0) is 43.7 Å². The predicted molar refractivity (Wildman–Crippen MR) is 125 cm³/mol. The number of rotatable bonds is 5. The molecule has 1 spiro atoms. The van der Waals surface area contributed by atoms with E-state index in [9.17, 15) is 4.79 Å². The van der Waals surface area contributed by atoms with Crippen molar-refractivity contribution in [1.82, 2.24) is 34.3 Å². The molecule has 1 aromatic carbocycles.